The van der Waals surface area contributed by atoms with Gasteiger partial charge in [0.05, 0.1) is 6.42 Å². The maximum Gasteiger partial charge on any atom is 0.251 e. The van der Waals surface area contributed by atoms with Gasteiger partial charge >= 0.3 is 0 Å². The summed E-state index contributed by atoms with van der Waals surface area (Å²) in [4.78, 5) is 34.1. The number of hydrogen-bond acceptors (Lipinski definition) is 3. The van der Waals surface area contributed by atoms with Crippen LogP contribution < -0.4 is 10.6 Å². The standard InChI is InChI=1S/C14H16N2O3/c1-9(17)7-13(18)15-12-4-2-3-10(8-12)14(19)16-11-5-6-11/h2-4,8,11H,5-7H2,1H3,(H,15,18)(H,16,19). The van der Waals surface area contributed by atoms with Gasteiger partial charge in [0.2, 0.25) is 5.91 Å². The van der Waals surface area contributed by atoms with Crippen LogP contribution in [0.2, 0.25) is 0 Å². The second-order valence-electron chi connectivity index (χ2n) is 4.76. The Balaban J connectivity index is 1.99. The molecule has 0 spiro atoms. The van der Waals surface area contributed by atoms with E-state index in [9.17, 15) is 14.4 Å². The lowest BCUT2D eigenvalue weighted by Crippen LogP contribution is -2.25. The monoisotopic (exact) mass is 260 g/mol. The van der Waals surface area contributed by atoms with Crippen molar-refractivity contribution in [3.05, 3.63) is 29.8 Å². The summed E-state index contributed by atoms with van der Waals surface area (Å²) in [5.41, 5.74) is 1.03. The van der Waals surface area contributed by atoms with E-state index in [4.69, 9.17) is 0 Å². The van der Waals surface area contributed by atoms with Gasteiger partial charge in [0.1, 0.15) is 5.78 Å². The van der Waals surface area contributed by atoms with Crippen LogP contribution in [0.25, 0.3) is 0 Å². The van der Waals surface area contributed by atoms with Gasteiger partial charge in [0, 0.05) is 17.3 Å². The third-order valence-electron chi connectivity index (χ3n) is 2.73. The molecule has 1 fully saturated rings. The second-order valence-corrected chi connectivity index (χ2v) is 4.76. The summed E-state index contributed by atoms with van der Waals surface area (Å²) < 4.78 is 0. The fourth-order valence-corrected chi connectivity index (χ4v) is 1.67. The SMILES string of the molecule is CC(=O)CC(=O)Nc1cccc(C(=O)NC2CC2)c1. The molecule has 0 aliphatic heterocycles. The van der Waals surface area contributed by atoms with E-state index in [1.807, 2.05) is 0 Å². The van der Waals surface area contributed by atoms with E-state index in [1.54, 1.807) is 24.3 Å². The van der Waals surface area contributed by atoms with Crippen LogP contribution in [0, 0.1) is 0 Å². The van der Waals surface area contributed by atoms with Crippen molar-refractivity contribution >= 4 is 23.3 Å². The third-order valence-corrected chi connectivity index (χ3v) is 2.73. The molecule has 19 heavy (non-hydrogen) atoms. The molecule has 5 nitrogen and oxygen atoms in total. The van der Waals surface area contributed by atoms with Gasteiger partial charge in [-0.05, 0) is 38.0 Å². The number of amides is 2. The zero-order valence-electron chi connectivity index (χ0n) is 10.7. The maximum absolute atomic E-state index is 11.8. The maximum atomic E-state index is 11.8. The van der Waals surface area contributed by atoms with Gasteiger partial charge in [0.25, 0.3) is 5.91 Å². The van der Waals surface area contributed by atoms with Gasteiger partial charge < -0.3 is 10.6 Å². The second kappa shape index (κ2) is 5.65. The normalized spacial score (nSPS) is 13.7. The van der Waals surface area contributed by atoms with Crippen LogP contribution in [0.1, 0.15) is 36.5 Å². The predicted octanol–water partition coefficient (Wildman–Crippen LogP) is 1.50. The minimum atomic E-state index is -0.368. The Morgan fingerprint density at radius 1 is 1.26 bits per heavy atom. The van der Waals surface area contributed by atoms with Crippen molar-refractivity contribution in [2.45, 2.75) is 32.2 Å². The van der Waals surface area contributed by atoms with E-state index in [2.05, 4.69) is 10.6 Å². The van der Waals surface area contributed by atoms with Crippen molar-refractivity contribution in [2.24, 2.45) is 0 Å². The van der Waals surface area contributed by atoms with Crippen LogP contribution in [0.3, 0.4) is 0 Å². The smallest absolute Gasteiger partial charge is 0.251 e. The van der Waals surface area contributed by atoms with Crippen molar-refractivity contribution in [2.75, 3.05) is 5.32 Å². The molecule has 2 rings (SSSR count). The minimum absolute atomic E-state index is 0.134. The molecule has 0 aromatic heterocycles. The molecule has 1 aliphatic rings. The Morgan fingerprint density at radius 2 is 2.00 bits per heavy atom. The van der Waals surface area contributed by atoms with Crippen LogP contribution in [0.5, 0.6) is 0 Å². The first-order valence-corrected chi connectivity index (χ1v) is 6.25. The van der Waals surface area contributed by atoms with Crippen LogP contribution >= 0.6 is 0 Å². The zero-order valence-corrected chi connectivity index (χ0v) is 10.7. The van der Waals surface area contributed by atoms with E-state index in [-0.39, 0.29) is 24.0 Å². The van der Waals surface area contributed by atoms with Crippen molar-refractivity contribution in [3.63, 3.8) is 0 Å². The largest absolute Gasteiger partial charge is 0.349 e. The first-order chi connectivity index (χ1) is 9.04. The predicted molar refractivity (Wildman–Crippen MR) is 70.9 cm³/mol. The number of hydrogen-bond donors (Lipinski definition) is 2. The molecule has 2 amide bonds. The lowest BCUT2D eigenvalue weighted by atomic mass is 10.2. The van der Waals surface area contributed by atoms with E-state index < -0.39 is 0 Å². The average Bonchev–Trinajstić information content (AvgIpc) is 3.12. The van der Waals surface area contributed by atoms with Crippen molar-refractivity contribution in [1.29, 1.82) is 0 Å². The number of carbonyl (C=O) groups is 3. The van der Waals surface area contributed by atoms with E-state index >= 15 is 0 Å². The van der Waals surface area contributed by atoms with Crippen LogP contribution in [-0.4, -0.2) is 23.6 Å². The van der Waals surface area contributed by atoms with Gasteiger partial charge in [-0.1, -0.05) is 6.07 Å². The van der Waals surface area contributed by atoms with Gasteiger partial charge in [0.15, 0.2) is 0 Å². The first kappa shape index (κ1) is 13.3. The Morgan fingerprint density at radius 3 is 2.63 bits per heavy atom. The van der Waals surface area contributed by atoms with Crippen LogP contribution in [0.15, 0.2) is 24.3 Å². The molecule has 2 N–H and O–H groups in total. The Labute approximate surface area is 111 Å². The van der Waals surface area contributed by atoms with Crippen molar-refractivity contribution < 1.29 is 14.4 Å². The molecule has 1 aromatic rings. The summed E-state index contributed by atoms with van der Waals surface area (Å²) >= 11 is 0. The van der Waals surface area contributed by atoms with Crippen molar-refractivity contribution in [1.82, 2.24) is 5.32 Å². The Kier molecular flexibility index (Phi) is 3.94. The number of nitrogens with one attached hydrogen (secondary N) is 2. The summed E-state index contributed by atoms with van der Waals surface area (Å²) in [7, 11) is 0. The molecule has 100 valence electrons. The number of ketones is 1. The fraction of sp³-hybridized carbons (Fsp3) is 0.357. The molecule has 1 aliphatic carbocycles. The van der Waals surface area contributed by atoms with Gasteiger partial charge in [-0.2, -0.15) is 0 Å². The van der Waals surface area contributed by atoms with Crippen molar-refractivity contribution in [3.8, 4) is 0 Å². The number of rotatable bonds is 5. The molecule has 0 saturated heterocycles. The van der Waals surface area contributed by atoms with Gasteiger partial charge in [-0.25, -0.2) is 0 Å². The molecule has 0 unspecified atom stereocenters. The van der Waals surface area contributed by atoms with E-state index in [0.29, 0.717) is 17.3 Å². The molecule has 0 radical (unpaired) electrons. The average molecular weight is 260 g/mol. The summed E-state index contributed by atoms with van der Waals surface area (Å²) in [5.74, 6) is -0.697. The van der Waals surface area contributed by atoms with Gasteiger partial charge in [-0.15, -0.1) is 0 Å². The highest BCUT2D eigenvalue weighted by molar-refractivity contribution is 6.04. The Hall–Kier alpha value is -2.17. The summed E-state index contributed by atoms with van der Waals surface area (Å²) in [6.45, 7) is 1.36. The molecule has 5 heteroatoms. The molecule has 1 aromatic carbocycles. The van der Waals surface area contributed by atoms with Crippen LogP contribution in [0.4, 0.5) is 5.69 Å². The summed E-state index contributed by atoms with van der Waals surface area (Å²) in [6, 6.07) is 6.98. The molecular weight excluding hydrogens is 244 g/mol. The van der Waals surface area contributed by atoms with E-state index in [0.717, 1.165) is 12.8 Å². The number of anilines is 1. The molecule has 1 saturated carbocycles. The molecule has 0 bridgehead atoms. The Bertz CT molecular complexity index is 521. The zero-order chi connectivity index (χ0) is 13.8. The minimum Gasteiger partial charge on any atom is -0.349 e. The topological polar surface area (TPSA) is 75.3 Å². The number of carbonyl (C=O) groups excluding carboxylic acids is 3. The lowest BCUT2D eigenvalue weighted by molar-refractivity contribution is -0.124. The third kappa shape index (κ3) is 4.21. The fourth-order valence-electron chi connectivity index (χ4n) is 1.67. The highest BCUT2D eigenvalue weighted by Gasteiger charge is 2.23. The van der Waals surface area contributed by atoms with E-state index in [1.165, 1.54) is 6.92 Å². The summed E-state index contributed by atoms with van der Waals surface area (Å²) in [5, 5.41) is 5.47. The quantitative estimate of drug-likeness (QED) is 0.788. The highest BCUT2D eigenvalue weighted by Crippen LogP contribution is 2.20. The highest BCUT2D eigenvalue weighted by atomic mass is 16.2. The number of benzene rings is 1. The first-order valence-electron chi connectivity index (χ1n) is 6.25. The molecular formula is C14H16N2O3. The van der Waals surface area contributed by atoms with Gasteiger partial charge in [-0.3, -0.25) is 14.4 Å². The molecule has 0 heterocycles. The number of Topliss-reactive ketones (excluding diaryl/α,β-unsaturated/α-hetero) is 1. The lowest BCUT2D eigenvalue weighted by Gasteiger charge is -2.07. The van der Waals surface area contributed by atoms with Crippen LogP contribution in [-0.2, 0) is 9.59 Å². The molecule has 0 atom stereocenters. The summed E-state index contributed by atoms with van der Waals surface area (Å²) in [6.07, 6.45) is 1.90.